The topological polar surface area (TPSA) is 59.1 Å². The van der Waals surface area contributed by atoms with Crippen LogP contribution in [0.25, 0.3) is 0 Å². The van der Waals surface area contributed by atoms with E-state index in [-0.39, 0.29) is 19.6 Å². The Morgan fingerprint density at radius 1 is 1.24 bits per heavy atom. The van der Waals surface area contributed by atoms with E-state index in [1.165, 1.54) is 18.3 Å². The van der Waals surface area contributed by atoms with Gasteiger partial charge in [0.2, 0.25) is 0 Å². The standard InChI is InChI=1S/C15H15ClF2N2O/c16-14-7-20-2-1-10(14)6-15(8-19,9-21)11-3-12(17)5-13(18)4-11/h1-5,7,21H,6,8-9,19H2. The fourth-order valence-corrected chi connectivity index (χ4v) is 2.46. The van der Waals surface area contributed by atoms with Gasteiger partial charge in [0, 0.05) is 30.4 Å². The highest BCUT2D eigenvalue weighted by Crippen LogP contribution is 2.31. The molecule has 0 fully saturated rings. The second-order valence-corrected chi connectivity index (χ2v) is 5.35. The Labute approximate surface area is 126 Å². The van der Waals surface area contributed by atoms with Gasteiger partial charge in [-0.3, -0.25) is 4.98 Å². The molecule has 0 radical (unpaired) electrons. The highest BCUT2D eigenvalue weighted by atomic mass is 35.5. The molecule has 0 amide bonds. The summed E-state index contributed by atoms with van der Waals surface area (Å²) in [5.41, 5.74) is 5.79. The minimum atomic E-state index is -1.01. The molecule has 1 atom stereocenters. The van der Waals surface area contributed by atoms with Crippen LogP contribution < -0.4 is 5.73 Å². The van der Waals surface area contributed by atoms with Gasteiger partial charge in [0.1, 0.15) is 11.6 Å². The van der Waals surface area contributed by atoms with Gasteiger partial charge < -0.3 is 10.8 Å². The van der Waals surface area contributed by atoms with Crippen molar-refractivity contribution in [2.24, 2.45) is 5.73 Å². The summed E-state index contributed by atoms with van der Waals surface area (Å²) in [6.07, 6.45) is 3.29. The average Bonchev–Trinajstić information content (AvgIpc) is 2.46. The van der Waals surface area contributed by atoms with E-state index >= 15 is 0 Å². The molecule has 0 aliphatic carbocycles. The van der Waals surface area contributed by atoms with Crippen molar-refractivity contribution < 1.29 is 13.9 Å². The van der Waals surface area contributed by atoms with Crippen LogP contribution in [0.15, 0.2) is 36.7 Å². The zero-order valence-electron chi connectivity index (χ0n) is 11.2. The molecule has 3 nitrogen and oxygen atoms in total. The number of hydrogen-bond donors (Lipinski definition) is 2. The maximum absolute atomic E-state index is 13.5. The summed E-state index contributed by atoms with van der Waals surface area (Å²) in [7, 11) is 0. The largest absolute Gasteiger partial charge is 0.395 e. The van der Waals surface area contributed by atoms with E-state index in [0.717, 1.165) is 6.07 Å². The fraction of sp³-hybridized carbons (Fsp3) is 0.267. The molecule has 0 bridgehead atoms. The first kappa shape index (κ1) is 15.8. The second-order valence-electron chi connectivity index (χ2n) is 4.94. The smallest absolute Gasteiger partial charge is 0.126 e. The van der Waals surface area contributed by atoms with Crippen molar-refractivity contribution in [2.75, 3.05) is 13.2 Å². The number of aromatic nitrogens is 1. The average molecular weight is 313 g/mol. The van der Waals surface area contributed by atoms with Crippen LogP contribution in [0, 0.1) is 11.6 Å². The number of nitrogens with zero attached hydrogens (tertiary/aromatic N) is 1. The molecular formula is C15H15ClF2N2O. The van der Waals surface area contributed by atoms with Crippen LogP contribution in [-0.4, -0.2) is 23.2 Å². The van der Waals surface area contributed by atoms with Gasteiger partial charge in [-0.2, -0.15) is 0 Å². The molecule has 0 aliphatic heterocycles. The summed E-state index contributed by atoms with van der Waals surface area (Å²) in [6, 6.07) is 4.84. The van der Waals surface area contributed by atoms with Crippen LogP contribution in [0.1, 0.15) is 11.1 Å². The number of pyridine rings is 1. The van der Waals surface area contributed by atoms with Crippen molar-refractivity contribution in [3.63, 3.8) is 0 Å². The summed E-state index contributed by atoms with van der Waals surface area (Å²) in [6.45, 7) is -0.337. The van der Waals surface area contributed by atoms with Crippen LogP contribution in [0.5, 0.6) is 0 Å². The number of aliphatic hydroxyl groups excluding tert-OH is 1. The fourth-order valence-electron chi connectivity index (χ4n) is 2.28. The molecule has 112 valence electrons. The van der Waals surface area contributed by atoms with Crippen molar-refractivity contribution in [3.05, 3.63) is 64.4 Å². The second kappa shape index (κ2) is 6.47. The molecule has 1 aromatic carbocycles. The maximum Gasteiger partial charge on any atom is 0.126 e. The molecule has 0 saturated carbocycles. The molecule has 0 saturated heterocycles. The van der Waals surface area contributed by atoms with E-state index in [4.69, 9.17) is 17.3 Å². The molecule has 6 heteroatoms. The van der Waals surface area contributed by atoms with E-state index in [1.54, 1.807) is 12.3 Å². The lowest BCUT2D eigenvalue weighted by atomic mass is 9.76. The SMILES string of the molecule is NCC(CO)(Cc1ccncc1Cl)c1cc(F)cc(F)c1. The van der Waals surface area contributed by atoms with Gasteiger partial charge in [0.25, 0.3) is 0 Å². The van der Waals surface area contributed by atoms with Gasteiger partial charge in [0.15, 0.2) is 0 Å². The first-order valence-corrected chi connectivity index (χ1v) is 6.74. The molecule has 2 rings (SSSR count). The lowest BCUT2D eigenvalue weighted by molar-refractivity contribution is 0.195. The van der Waals surface area contributed by atoms with Crippen molar-refractivity contribution in [1.29, 1.82) is 0 Å². The number of rotatable bonds is 5. The van der Waals surface area contributed by atoms with E-state index in [0.29, 0.717) is 16.1 Å². The Morgan fingerprint density at radius 3 is 2.43 bits per heavy atom. The molecule has 1 heterocycles. The molecule has 21 heavy (non-hydrogen) atoms. The molecule has 2 aromatic rings. The number of hydrogen-bond acceptors (Lipinski definition) is 3. The van der Waals surface area contributed by atoms with Crippen LogP contribution in [0.4, 0.5) is 8.78 Å². The Hall–Kier alpha value is -1.56. The van der Waals surface area contributed by atoms with Gasteiger partial charge in [-0.25, -0.2) is 8.78 Å². The predicted molar refractivity (Wildman–Crippen MR) is 77.1 cm³/mol. The van der Waals surface area contributed by atoms with E-state index in [1.807, 2.05) is 0 Å². The number of benzene rings is 1. The maximum atomic E-state index is 13.5. The van der Waals surface area contributed by atoms with Gasteiger partial charge in [0.05, 0.1) is 11.6 Å². The quantitative estimate of drug-likeness (QED) is 0.891. The third-order valence-electron chi connectivity index (χ3n) is 3.55. The van der Waals surface area contributed by atoms with Gasteiger partial charge >= 0.3 is 0 Å². The normalized spacial score (nSPS) is 14.0. The molecule has 0 aliphatic rings. The van der Waals surface area contributed by atoms with Crippen LogP contribution >= 0.6 is 11.6 Å². The zero-order chi connectivity index (χ0) is 15.5. The van der Waals surface area contributed by atoms with Crippen LogP contribution in [0.3, 0.4) is 0 Å². The summed E-state index contributed by atoms with van der Waals surface area (Å²) in [4.78, 5) is 3.88. The first-order chi connectivity index (χ1) is 10.0. The lowest BCUT2D eigenvalue weighted by Crippen LogP contribution is -2.41. The molecule has 0 spiro atoms. The predicted octanol–water partition coefficient (Wildman–Crippen LogP) is 2.44. The minimum Gasteiger partial charge on any atom is -0.395 e. The monoisotopic (exact) mass is 312 g/mol. The van der Waals surface area contributed by atoms with Crippen molar-refractivity contribution in [2.45, 2.75) is 11.8 Å². The van der Waals surface area contributed by atoms with Gasteiger partial charge in [-0.1, -0.05) is 11.6 Å². The molecule has 1 unspecified atom stereocenters. The summed E-state index contributed by atoms with van der Waals surface area (Å²) >= 11 is 6.06. The van der Waals surface area contributed by atoms with Crippen LogP contribution in [0.2, 0.25) is 5.02 Å². The minimum absolute atomic E-state index is 0.0189. The summed E-state index contributed by atoms with van der Waals surface area (Å²) in [5, 5.41) is 10.2. The Morgan fingerprint density at radius 2 is 1.90 bits per heavy atom. The van der Waals surface area contributed by atoms with Crippen molar-refractivity contribution in [1.82, 2.24) is 4.98 Å². The van der Waals surface area contributed by atoms with Crippen LogP contribution in [-0.2, 0) is 11.8 Å². The molecule has 1 aromatic heterocycles. The zero-order valence-corrected chi connectivity index (χ0v) is 11.9. The highest BCUT2D eigenvalue weighted by Gasteiger charge is 2.32. The van der Waals surface area contributed by atoms with Crippen molar-refractivity contribution >= 4 is 11.6 Å². The van der Waals surface area contributed by atoms with Crippen molar-refractivity contribution in [3.8, 4) is 0 Å². The Kier molecular flexibility index (Phi) is 4.88. The van der Waals surface area contributed by atoms with Gasteiger partial charge in [-0.05, 0) is 35.7 Å². The molecule has 3 N–H and O–H groups in total. The van der Waals surface area contributed by atoms with Gasteiger partial charge in [-0.15, -0.1) is 0 Å². The summed E-state index contributed by atoms with van der Waals surface area (Å²) in [5.74, 6) is -1.42. The number of aliphatic hydroxyl groups is 1. The lowest BCUT2D eigenvalue weighted by Gasteiger charge is -2.31. The Bertz CT molecular complexity index is 613. The van der Waals surface area contributed by atoms with E-state index in [9.17, 15) is 13.9 Å². The van der Waals surface area contributed by atoms with E-state index < -0.39 is 17.0 Å². The first-order valence-electron chi connectivity index (χ1n) is 6.36. The number of halogens is 3. The highest BCUT2D eigenvalue weighted by molar-refractivity contribution is 6.31. The summed E-state index contributed by atoms with van der Waals surface area (Å²) < 4.78 is 26.9. The number of nitrogens with two attached hydrogens (primary N) is 1. The third kappa shape index (κ3) is 3.37. The third-order valence-corrected chi connectivity index (χ3v) is 3.89. The molecular weight excluding hydrogens is 298 g/mol. The van der Waals surface area contributed by atoms with E-state index in [2.05, 4.69) is 4.98 Å². The Balaban J connectivity index is 2.47.